The summed E-state index contributed by atoms with van der Waals surface area (Å²) in [6, 6.07) is 1.17. The van der Waals surface area contributed by atoms with Crippen molar-refractivity contribution in [2.45, 2.75) is 65.6 Å². The maximum Gasteiger partial charge on any atom is 0.224 e. The van der Waals surface area contributed by atoms with Crippen LogP contribution in [0.25, 0.3) is 0 Å². The van der Waals surface area contributed by atoms with Gasteiger partial charge in [-0.1, -0.05) is 20.3 Å². The standard InChI is InChI=1S/C13H26N2O/c1-6-10(4)11(5)14-12-7-13(16)15(8-12)9(2)3/h9-12,14H,6-8H2,1-5H3. The molecule has 0 spiro atoms. The zero-order valence-corrected chi connectivity index (χ0v) is 11.3. The van der Waals surface area contributed by atoms with Gasteiger partial charge in [-0.3, -0.25) is 4.79 Å². The fourth-order valence-electron chi connectivity index (χ4n) is 2.23. The van der Waals surface area contributed by atoms with Crippen LogP contribution in [0.4, 0.5) is 0 Å². The van der Waals surface area contributed by atoms with E-state index in [1.165, 1.54) is 6.42 Å². The summed E-state index contributed by atoms with van der Waals surface area (Å²) in [5.41, 5.74) is 0. The van der Waals surface area contributed by atoms with Crippen LogP contribution in [0, 0.1) is 5.92 Å². The van der Waals surface area contributed by atoms with Crippen molar-refractivity contribution >= 4 is 5.91 Å². The molecule has 1 aliphatic rings. The first-order valence-electron chi connectivity index (χ1n) is 6.51. The van der Waals surface area contributed by atoms with Crippen LogP contribution in [0.15, 0.2) is 0 Å². The van der Waals surface area contributed by atoms with Gasteiger partial charge >= 0.3 is 0 Å². The minimum Gasteiger partial charge on any atom is -0.339 e. The lowest BCUT2D eigenvalue weighted by Gasteiger charge is -2.25. The monoisotopic (exact) mass is 226 g/mol. The summed E-state index contributed by atoms with van der Waals surface area (Å²) in [6.45, 7) is 11.7. The second-order valence-electron chi connectivity index (χ2n) is 5.38. The van der Waals surface area contributed by atoms with Crippen LogP contribution in [0.3, 0.4) is 0 Å². The maximum absolute atomic E-state index is 11.7. The zero-order chi connectivity index (χ0) is 12.3. The van der Waals surface area contributed by atoms with Crippen molar-refractivity contribution in [3.05, 3.63) is 0 Å². The number of carbonyl (C=O) groups excluding carboxylic acids is 1. The van der Waals surface area contributed by atoms with Crippen LogP contribution in [-0.2, 0) is 4.79 Å². The van der Waals surface area contributed by atoms with Gasteiger partial charge in [-0.05, 0) is 26.7 Å². The van der Waals surface area contributed by atoms with Crippen LogP contribution < -0.4 is 5.32 Å². The highest BCUT2D eigenvalue weighted by molar-refractivity contribution is 5.79. The molecule has 3 nitrogen and oxygen atoms in total. The van der Waals surface area contributed by atoms with E-state index in [0.29, 0.717) is 36.4 Å². The van der Waals surface area contributed by atoms with Gasteiger partial charge in [0.1, 0.15) is 0 Å². The molecular weight excluding hydrogens is 200 g/mol. The summed E-state index contributed by atoms with van der Waals surface area (Å²) in [4.78, 5) is 13.7. The lowest BCUT2D eigenvalue weighted by Crippen LogP contribution is -2.42. The van der Waals surface area contributed by atoms with Crippen LogP contribution in [-0.4, -0.2) is 35.5 Å². The van der Waals surface area contributed by atoms with Crippen molar-refractivity contribution in [2.24, 2.45) is 5.92 Å². The molecule has 1 aliphatic heterocycles. The molecule has 1 amide bonds. The van der Waals surface area contributed by atoms with Gasteiger partial charge in [-0.25, -0.2) is 0 Å². The van der Waals surface area contributed by atoms with Crippen molar-refractivity contribution in [3.63, 3.8) is 0 Å². The average molecular weight is 226 g/mol. The topological polar surface area (TPSA) is 32.3 Å². The summed E-state index contributed by atoms with van der Waals surface area (Å²) >= 11 is 0. The summed E-state index contributed by atoms with van der Waals surface area (Å²) < 4.78 is 0. The van der Waals surface area contributed by atoms with E-state index in [0.717, 1.165) is 6.54 Å². The molecule has 16 heavy (non-hydrogen) atoms. The largest absolute Gasteiger partial charge is 0.339 e. The second-order valence-corrected chi connectivity index (χ2v) is 5.38. The fourth-order valence-corrected chi connectivity index (χ4v) is 2.23. The number of amides is 1. The molecule has 0 aromatic heterocycles. The van der Waals surface area contributed by atoms with E-state index < -0.39 is 0 Å². The first-order valence-corrected chi connectivity index (χ1v) is 6.51. The molecule has 3 heteroatoms. The molecule has 1 fully saturated rings. The number of nitrogens with zero attached hydrogens (tertiary/aromatic N) is 1. The molecule has 3 unspecified atom stereocenters. The van der Waals surface area contributed by atoms with Gasteiger partial charge in [0.15, 0.2) is 0 Å². The Balaban J connectivity index is 2.44. The molecule has 1 N–H and O–H groups in total. The Labute approximate surface area is 99.6 Å². The number of carbonyl (C=O) groups is 1. The Morgan fingerprint density at radius 1 is 1.38 bits per heavy atom. The molecular formula is C13H26N2O. The number of hydrogen-bond acceptors (Lipinski definition) is 2. The minimum atomic E-state index is 0.295. The van der Waals surface area contributed by atoms with Gasteiger partial charge in [0.2, 0.25) is 5.91 Å². The third-order valence-corrected chi connectivity index (χ3v) is 3.78. The number of hydrogen-bond donors (Lipinski definition) is 1. The molecule has 0 bridgehead atoms. The Kier molecular flexibility index (Phi) is 4.78. The molecule has 1 rings (SSSR count). The first kappa shape index (κ1) is 13.5. The van der Waals surface area contributed by atoms with E-state index in [1.807, 2.05) is 4.90 Å². The zero-order valence-electron chi connectivity index (χ0n) is 11.3. The number of rotatable bonds is 5. The maximum atomic E-state index is 11.7. The molecule has 94 valence electrons. The Morgan fingerprint density at radius 3 is 2.44 bits per heavy atom. The highest BCUT2D eigenvalue weighted by atomic mass is 16.2. The van der Waals surface area contributed by atoms with Crippen molar-refractivity contribution in [1.82, 2.24) is 10.2 Å². The Bertz CT molecular complexity index is 240. The van der Waals surface area contributed by atoms with E-state index >= 15 is 0 Å². The lowest BCUT2D eigenvalue weighted by atomic mass is 10.00. The number of nitrogens with one attached hydrogen (secondary N) is 1. The van der Waals surface area contributed by atoms with Crippen molar-refractivity contribution in [1.29, 1.82) is 0 Å². The molecule has 0 aliphatic carbocycles. The van der Waals surface area contributed by atoms with Gasteiger partial charge in [0.25, 0.3) is 0 Å². The van der Waals surface area contributed by atoms with Gasteiger partial charge in [-0.2, -0.15) is 0 Å². The van der Waals surface area contributed by atoms with Gasteiger partial charge < -0.3 is 10.2 Å². The normalized spacial score (nSPS) is 25.2. The predicted molar refractivity (Wildman–Crippen MR) is 67.3 cm³/mol. The average Bonchev–Trinajstić information content (AvgIpc) is 2.58. The summed E-state index contributed by atoms with van der Waals surface area (Å²) in [5, 5.41) is 3.58. The van der Waals surface area contributed by atoms with Gasteiger partial charge in [-0.15, -0.1) is 0 Å². The van der Waals surface area contributed by atoms with Crippen LogP contribution in [0.1, 0.15) is 47.5 Å². The third-order valence-electron chi connectivity index (χ3n) is 3.78. The minimum absolute atomic E-state index is 0.295. The van der Waals surface area contributed by atoms with E-state index in [2.05, 4.69) is 39.9 Å². The molecule has 3 atom stereocenters. The van der Waals surface area contributed by atoms with Crippen LogP contribution >= 0.6 is 0 Å². The van der Waals surface area contributed by atoms with Crippen molar-refractivity contribution in [3.8, 4) is 0 Å². The first-order chi connectivity index (χ1) is 7.45. The molecule has 0 aromatic rings. The smallest absolute Gasteiger partial charge is 0.224 e. The van der Waals surface area contributed by atoms with E-state index in [9.17, 15) is 4.79 Å². The highest BCUT2D eigenvalue weighted by Gasteiger charge is 2.31. The van der Waals surface area contributed by atoms with Crippen LogP contribution in [0.2, 0.25) is 0 Å². The predicted octanol–water partition coefficient (Wildman–Crippen LogP) is 2.02. The van der Waals surface area contributed by atoms with E-state index in [4.69, 9.17) is 0 Å². The fraction of sp³-hybridized carbons (Fsp3) is 0.923. The Hall–Kier alpha value is -0.570. The summed E-state index contributed by atoms with van der Waals surface area (Å²) in [6.07, 6.45) is 1.85. The quantitative estimate of drug-likeness (QED) is 0.778. The second kappa shape index (κ2) is 5.67. The van der Waals surface area contributed by atoms with Crippen molar-refractivity contribution < 1.29 is 4.79 Å². The lowest BCUT2D eigenvalue weighted by molar-refractivity contribution is -0.129. The number of likely N-dealkylation sites (tertiary alicyclic amines) is 1. The molecule has 0 aromatic carbocycles. The molecule has 1 saturated heterocycles. The molecule has 1 heterocycles. The van der Waals surface area contributed by atoms with Gasteiger partial charge in [0.05, 0.1) is 0 Å². The van der Waals surface area contributed by atoms with E-state index in [-0.39, 0.29) is 0 Å². The SMILES string of the molecule is CCC(C)C(C)NC1CC(=O)N(C(C)C)C1. The van der Waals surface area contributed by atoms with E-state index in [1.54, 1.807) is 0 Å². The molecule has 0 radical (unpaired) electrons. The van der Waals surface area contributed by atoms with Crippen LogP contribution in [0.5, 0.6) is 0 Å². The van der Waals surface area contributed by atoms with Gasteiger partial charge in [0, 0.05) is 31.1 Å². The summed E-state index contributed by atoms with van der Waals surface area (Å²) in [5.74, 6) is 0.965. The highest BCUT2D eigenvalue weighted by Crippen LogP contribution is 2.16. The Morgan fingerprint density at radius 2 is 2.00 bits per heavy atom. The summed E-state index contributed by atoms with van der Waals surface area (Å²) in [7, 11) is 0. The molecule has 0 saturated carbocycles. The van der Waals surface area contributed by atoms with Crippen molar-refractivity contribution in [2.75, 3.05) is 6.54 Å². The third kappa shape index (κ3) is 3.21.